The summed E-state index contributed by atoms with van der Waals surface area (Å²) in [5.74, 6) is 1.48. The molecule has 1 aliphatic carbocycles. The lowest BCUT2D eigenvalue weighted by Gasteiger charge is -2.26. The van der Waals surface area contributed by atoms with E-state index in [0.29, 0.717) is 17.6 Å². The highest BCUT2D eigenvalue weighted by atomic mass is 32.2. The third-order valence-electron chi connectivity index (χ3n) is 2.67. The van der Waals surface area contributed by atoms with Crippen molar-refractivity contribution >= 4 is 10.7 Å². The number of hydrogen-bond donors (Lipinski definition) is 1. The van der Waals surface area contributed by atoms with E-state index < -0.39 is 10.7 Å². The Morgan fingerprint density at radius 1 is 1.27 bits per heavy atom. The van der Waals surface area contributed by atoms with Gasteiger partial charge in [-0.1, -0.05) is 26.2 Å². The van der Waals surface area contributed by atoms with Gasteiger partial charge < -0.3 is 0 Å². The van der Waals surface area contributed by atoms with Crippen molar-refractivity contribution < 1.29 is 8.42 Å². The van der Waals surface area contributed by atoms with Gasteiger partial charge in [0, 0.05) is 0 Å². The van der Waals surface area contributed by atoms with Crippen molar-refractivity contribution in [2.75, 3.05) is 5.75 Å². The van der Waals surface area contributed by atoms with Crippen LogP contribution in [0.4, 0.5) is 0 Å². The average Bonchev–Trinajstić information content (AvgIpc) is 1.93. The van der Waals surface area contributed by atoms with Crippen molar-refractivity contribution in [3.05, 3.63) is 0 Å². The summed E-state index contributed by atoms with van der Waals surface area (Å²) in [6.07, 6.45) is 4.84. The summed E-state index contributed by atoms with van der Waals surface area (Å²) in [4.78, 5) is 0. The molecular weight excluding hydrogens is 160 g/mol. The van der Waals surface area contributed by atoms with Gasteiger partial charge in [0.15, 0.2) is 0 Å². The molecular formula is C8H16O2S. The van der Waals surface area contributed by atoms with Gasteiger partial charge in [0.2, 0.25) is 0 Å². The largest absolute Gasteiger partial charge is 0.232 e. The molecule has 3 heteroatoms. The molecule has 0 aromatic rings. The maximum Gasteiger partial charge on any atom is 0.140 e. The SMILES string of the molecule is CC1CCCCC1C[SH](=O)=O. The Bertz CT molecular complexity index is 179. The van der Waals surface area contributed by atoms with Crippen molar-refractivity contribution in [3.63, 3.8) is 0 Å². The minimum absolute atomic E-state index is 0.413. The second-order valence-corrected chi connectivity index (χ2v) is 4.57. The Kier molecular flexibility index (Phi) is 3.37. The Morgan fingerprint density at radius 3 is 2.45 bits per heavy atom. The second-order valence-electron chi connectivity index (χ2n) is 3.54. The molecule has 0 N–H and O–H groups in total. The maximum atomic E-state index is 10.5. The molecule has 0 bridgehead atoms. The molecule has 1 aliphatic rings. The first-order valence-corrected chi connectivity index (χ1v) is 5.68. The van der Waals surface area contributed by atoms with Crippen molar-refractivity contribution in [1.82, 2.24) is 0 Å². The van der Waals surface area contributed by atoms with Crippen LogP contribution in [-0.2, 0) is 10.7 Å². The lowest BCUT2D eigenvalue weighted by atomic mass is 9.82. The van der Waals surface area contributed by atoms with Gasteiger partial charge >= 0.3 is 0 Å². The van der Waals surface area contributed by atoms with Crippen LogP contribution in [0.5, 0.6) is 0 Å². The first kappa shape index (κ1) is 9.04. The van der Waals surface area contributed by atoms with Gasteiger partial charge in [-0.2, -0.15) is 0 Å². The normalized spacial score (nSPS) is 32.5. The predicted molar refractivity (Wildman–Crippen MR) is 46.3 cm³/mol. The number of thiol groups is 1. The molecule has 0 aromatic carbocycles. The van der Waals surface area contributed by atoms with Crippen LogP contribution in [0.3, 0.4) is 0 Å². The van der Waals surface area contributed by atoms with Gasteiger partial charge in [0.1, 0.15) is 10.7 Å². The average molecular weight is 176 g/mol. The molecule has 0 amide bonds. The van der Waals surface area contributed by atoms with Crippen LogP contribution in [-0.4, -0.2) is 14.2 Å². The molecule has 0 saturated heterocycles. The molecule has 11 heavy (non-hydrogen) atoms. The standard InChI is InChI=1S/C8H16O2S/c1-7-4-2-3-5-8(7)6-11(9)10/h7-8,11H,2-6H2,1H3. The zero-order valence-electron chi connectivity index (χ0n) is 6.95. The van der Waals surface area contributed by atoms with E-state index in [1.165, 1.54) is 19.3 Å². The fourth-order valence-electron chi connectivity index (χ4n) is 1.86. The van der Waals surface area contributed by atoms with E-state index in [-0.39, 0.29) is 0 Å². The van der Waals surface area contributed by atoms with Crippen LogP contribution in [0, 0.1) is 11.8 Å². The van der Waals surface area contributed by atoms with Crippen molar-refractivity contribution in [2.24, 2.45) is 11.8 Å². The first-order chi connectivity index (χ1) is 5.20. The third kappa shape index (κ3) is 2.81. The molecule has 1 saturated carbocycles. The van der Waals surface area contributed by atoms with Gasteiger partial charge in [-0.05, 0) is 18.3 Å². The summed E-state index contributed by atoms with van der Waals surface area (Å²) in [7, 11) is -2.15. The summed E-state index contributed by atoms with van der Waals surface area (Å²) in [6, 6.07) is 0. The molecule has 0 heterocycles. The zero-order chi connectivity index (χ0) is 8.27. The summed E-state index contributed by atoms with van der Waals surface area (Å²) >= 11 is 0. The molecule has 2 atom stereocenters. The molecule has 2 unspecified atom stereocenters. The minimum atomic E-state index is -2.15. The van der Waals surface area contributed by atoms with E-state index in [1.54, 1.807) is 0 Å². The zero-order valence-corrected chi connectivity index (χ0v) is 7.85. The van der Waals surface area contributed by atoms with E-state index in [1.807, 2.05) is 0 Å². The Balaban J connectivity index is 2.41. The Hall–Kier alpha value is -0.0500. The molecule has 66 valence electrons. The summed E-state index contributed by atoms with van der Waals surface area (Å²) < 4.78 is 20.9. The van der Waals surface area contributed by atoms with Gasteiger partial charge in [0.05, 0.1) is 5.75 Å². The lowest BCUT2D eigenvalue weighted by Crippen LogP contribution is -2.20. The summed E-state index contributed by atoms with van der Waals surface area (Å²) in [5.41, 5.74) is 0. The van der Waals surface area contributed by atoms with Gasteiger partial charge in [0.25, 0.3) is 0 Å². The highest BCUT2D eigenvalue weighted by Crippen LogP contribution is 2.29. The molecule has 0 aromatic heterocycles. The highest BCUT2D eigenvalue weighted by molar-refractivity contribution is 7.72. The minimum Gasteiger partial charge on any atom is -0.232 e. The quantitative estimate of drug-likeness (QED) is 0.646. The van der Waals surface area contributed by atoms with E-state index >= 15 is 0 Å². The second kappa shape index (κ2) is 4.10. The van der Waals surface area contributed by atoms with Crippen molar-refractivity contribution in [2.45, 2.75) is 32.6 Å². The van der Waals surface area contributed by atoms with E-state index in [2.05, 4.69) is 6.92 Å². The predicted octanol–water partition coefficient (Wildman–Crippen LogP) is 1.42. The van der Waals surface area contributed by atoms with Crippen molar-refractivity contribution in [3.8, 4) is 0 Å². The first-order valence-electron chi connectivity index (χ1n) is 4.32. The Labute approximate surface area is 69.9 Å². The van der Waals surface area contributed by atoms with E-state index in [4.69, 9.17) is 0 Å². The Morgan fingerprint density at radius 2 is 1.91 bits per heavy atom. The smallest absolute Gasteiger partial charge is 0.140 e. The van der Waals surface area contributed by atoms with Crippen LogP contribution in [0.1, 0.15) is 32.6 Å². The van der Waals surface area contributed by atoms with Crippen LogP contribution < -0.4 is 0 Å². The maximum absolute atomic E-state index is 10.5. The molecule has 1 rings (SSSR count). The van der Waals surface area contributed by atoms with Crippen LogP contribution in [0.2, 0.25) is 0 Å². The fraction of sp³-hybridized carbons (Fsp3) is 1.00. The topological polar surface area (TPSA) is 34.1 Å². The fourth-order valence-corrected chi connectivity index (χ4v) is 2.78. The van der Waals surface area contributed by atoms with Gasteiger partial charge in [-0.25, -0.2) is 8.42 Å². The van der Waals surface area contributed by atoms with Crippen LogP contribution in [0.25, 0.3) is 0 Å². The monoisotopic (exact) mass is 176 g/mol. The lowest BCUT2D eigenvalue weighted by molar-refractivity contribution is 0.280. The molecule has 2 nitrogen and oxygen atoms in total. The number of rotatable bonds is 2. The number of hydrogen-bond acceptors (Lipinski definition) is 2. The van der Waals surface area contributed by atoms with E-state index in [9.17, 15) is 8.42 Å². The molecule has 0 spiro atoms. The van der Waals surface area contributed by atoms with E-state index in [0.717, 1.165) is 6.42 Å². The molecule has 0 aliphatic heterocycles. The third-order valence-corrected chi connectivity index (χ3v) is 3.44. The molecule has 0 radical (unpaired) electrons. The summed E-state index contributed by atoms with van der Waals surface area (Å²) in [5, 5.41) is 0. The van der Waals surface area contributed by atoms with Crippen molar-refractivity contribution in [1.29, 1.82) is 0 Å². The molecule has 1 fully saturated rings. The van der Waals surface area contributed by atoms with Gasteiger partial charge in [-0.3, -0.25) is 0 Å². The van der Waals surface area contributed by atoms with Crippen LogP contribution in [0.15, 0.2) is 0 Å². The summed E-state index contributed by atoms with van der Waals surface area (Å²) in [6.45, 7) is 2.17. The highest BCUT2D eigenvalue weighted by Gasteiger charge is 2.21. The van der Waals surface area contributed by atoms with Gasteiger partial charge in [-0.15, -0.1) is 0 Å². The van der Waals surface area contributed by atoms with Crippen LogP contribution >= 0.6 is 0 Å².